The maximum atomic E-state index is 10.0. The van der Waals surface area contributed by atoms with Gasteiger partial charge in [-0.15, -0.1) is 0 Å². The largest absolute Gasteiger partial charge is 0.508 e. The van der Waals surface area contributed by atoms with E-state index in [2.05, 4.69) is 33.4 Å². The van der Waals surface area contributed by atoms with Gasteiger partial charge in [0, 0.05) is 5.56 Å². The zero-order valence-electron chi connectivity index (χ0n) is 11.0. The second-order valence-corrected chi connectivity index (χ2v) is 5.67. The van der Waals surface area contributed by atoms with Crippen LogP contribution in [0.4, 0.5) is 0 Å². The Morgan fingerprint density at radius 2 is 1.88 bits per heavy atom. The smallest absolute Gasteiger partial charge is 0.119 e. The molecule has 0 aliphatic heterocycles. The summed E-state index contributed by atoms with van der Waals surface area (Å²) in [4.78, 5) is 0. The number of allylic oxidation sites excluding steroid dienone is 1. The van der Waals surface area contributed by atoms with Gasteiger partial charge in [-0.2, -0.15) is 0 Å². The Bertz CT molecular complexity index is 385. The van der Waals surface area contributed by atoms with Gasteiger partial charge in [0.25, 0.3) is 0 Å². The van der Waals surface area contributed by atoms with Crippen LogP contribution in [0.2, 0.25) is 0 Å². The topological polar surface area (TPSA) is 20.2 Å². The Labute approximate surface area is 98.8 Å². The van der Waals surface area contributed by atoms with Gasteiger partial charge < -0.3 is 5.11 Å². The summed E-state index contributed by atoms with van der Waals surface area (Å²) in [7, 11) is 0. The van der Waals surface area contributed by atoms with Crippen LogP contribution < -0.4 is 0 Å². The van der Waals surface area contributed by atoms with Crippen molar-refractivity contribution in [3.8, 4) is 5.75 Å². The fourth-order valence-corrected chi connectivity index (χ4v) is 1.76. The Kier molecular flexibility index (Phi) is 3.47. The lowest BCUT2D eigenvalue weighted by Gasteiger charge is -2.21. The van der Waals surface area contributed by atoms with Crippen LogP contribution in [0.15, 0.2) is 24.3 Å². The molecule has 1 aromatic rings. The minimum atomic E-state index is 0.0734. The Morgan fingerprint density at radius 3 is 2.25 bits per heavy atom. The molecule has 0 saturated carbocycles. The van der Waals surface area contributed by atoms with Crippen molar-refractivity contribution in [1.82, 2.24) is 0 Å². The Morgan fingerprint density at radius 1 is 1.31 bits per heavy atom. The normalized spacial score (nSPS) is 11.6. The molecule has 1 aromatic carbocycles. The minimum Gasteiger partial charge on any atom is -0.508 e. The van der Waals surface area contributed by atoms with Gasteiger partial charge in [0.2, 0.25) is 0 Å². The van der Waals surface area contributed by atoms with Gasteiger partial charge in [-0.1, -0.05) is 39.0 Å². The molecule has 0 heterocycles. The molecule has 0 bridgehead atoms. The second kappa shape index (κ2) is 4.32. The van der Waals surface area contributed by atoms with E-state index in [1.165, 1.54) is 5.56 Å². The molecule has 0 unspecified atom stereocenters. The summed E-state index contributed by atoms with van der Waals surface area (Å²) >= 11 is 0. The number of aromatic hydroxyl groups is 1. The average Bonchev–Trinajstić information content (AvgIpc) is 2.09. The summed E-state index contributed by atoms with van der Waals surface area (Å²) in [6, 6.07) is 4.04. The molecule has 0 spiro atoms. The molecule has 0 aromatic heterocycles. The minimum absolute atomic E-state index is 0.0734. The monoisotopic (exact) mass is 218 g/mol. The van der Waals surface area contributed by atoms with E-state index in [0.29, 0.717) is 5.75 Å². The van der Waals surface area contributed by atoms with Crippen molar-refractivity contribution in [1.29, 1.82) is 0 Å². The van der Waals surface area contributed by atoms with E-state index in [9.17, 15) is 5.11 Å². The molecule has 88 valence electrons. The number of phenols is 1. The number of phenolic OH excluding ortho intramolecular Hbond substituents is 1. The maximum absolute atomic E-state index is 10.0. The molecule has 0 atom stereocenters. The summed E-state index contributed by atoms with van der Waals surface area (Å²) in [5.74, 6) is 0.396. The first-order chi connectivity index (χ1) is 7.21. The van der Waals surface area contributed by atoms with Crippen molar-refractivity contribution in [2.45, 2.75) is 46.5 Å². The van der Waals surface area contributed by atoms with Crippen molar-refractivity contribution >= 4 is 0 Å². The predicted octanol–water partition coefficient (Wildman–Crippen LogP) is 4.12. The lowest BCUT2D eigenvalue weighted by molar-refractivity contribution is 0.464. The molecule has 0 amide bonds. The number of aryl methyl sites for hydroxylation is 1. The third kappa shape index (κ3) is 2.88. The molecule has 0 aliphatic carbocycles. The van der Waals surface area contributed by atoms with E-state index < -0.39 is 0 Å². The number of rotatable bonds is 2. The second-order valence-electron chi connectivity index (χ2n) is 5.67. The molecule has 16 heavy (non-hydrogen) atoms. The highest BCUT2D eigenvalue weighted by Gasteiger charge is 2.17. The van der Waals surface area contributed by atoms with Crippen molar-refractivity contribution in [3.63, 3.8) is 0 Å². The van der Waals surface area contributed by atoms with Crippen LogP contribution >= 0.6 is 0 Å². The highest BCUT2D eigenvalue weighted by Crippen LogP contribution is 2.31. The van der Waals surface area contributed by atoms with Crippen molar-refractivity contribution in [3.05, 3.63) is 41.0 Å². The van der Waals surface area contributed by atoms with Crippen LogP contribution in [-0.4, -0.2) is 5.11 Å². The zero-order valence-corrected chi connectivity index (χ0v) is 11.0. The average molecular weight is 218 g/mol. The van der Waals surface area contributed by atoms with Gasteiger partial charge in [-0.3, -0.25) is 0 Å². The SMILES string of the molecule is C=C(C)Cc1c(C)cc(C(C)(C)C)cc1O. The summed E-state index contributed by atoms with van der Waals surface area (Å²) in [5.41, 5.74) is 4.47. The first-order valence-corrected chi connectivity index (χ1v) is 5.69. The summed E-state index contributed by atoms with van der Waals surface area (Å²) < 4.78 is 0. The molecule has 0 fully saturated rings. The van der Waals surface area contributed by atoms with Gasteiger partial charge >= 0.3 is 0 Å². The Balaban J connectivity index is 3.23. The van der Waals surface area contributed by atoms with E-state index in [1.807, 2.05) is 19.9 Å². The van der Waals surface area contributed by atoms with Gasteiger partial charge in [-0.05, 0) is 42.9 Å². The predicted molar refractivity (Wildman–Crippen MR) is 70.1 cm³/mol. The van der Waals surface area contributed by atoms with Crippen molar-refractivity contribution in [2.75, 3.05) is 0 Å². The first kappa shape index (κ1) is 12.8. The molecule has 1 rings (SSSR count). The van der Waals surface area contributed by atoms with Crippen LogP contribution in [0.1, 0.15) is 44.4 Å². The molecule has 1 nitrogen and oxygen atoms in total. The van der Waals surface area contributed by atoms with E-state index in [0.717, 1.165) is 23.1 Å². The number of hydrogen-bond acceptors (Lipinski definition) is 1. The highest BCUT2D eigenvalue weighted by atomic mass is 16.3. The van der Waals surface area contributed by atoms with Crippen LogP contribution in [0, 0.1) is 6.92 Å². The van der Waals surface area contributed by atoms with Crippen molar-refractivity contribution < 1.29 is 5.11 Å². The van der Waals surface area contributed by atoms with E-state index in [1.54, 1.807) is 0 Å². The molecular formula is C15H22O. The number of benzene rings is 1. The molecule has 0 radical (unpaired) electrons. The Hall–Kier alpha value is -1.24. The first-order valence-electron chi connectivity index (χ1n) is 5.69. The summed E-state index contributed by atoms with van der Waals surface area (Å²) in [6.45, 7) is 14.4. The van der Waals surface area contributed by atoms with Crippen molar-refractivity contribution in [2.24, 2.45) is 0 Å². The highest BCUT2D eigenvalue weighted by molar-refractivity contribution is 5.46. The molecule has 0 aliphatic rings. The quantitative estimate of drug-likeness (QED) is 0.740. The molecular weight excluding hydrogens is 196 g/mol. The lowest BCUT2D eigenvalue weighted by Crippen LogP contribution is -2.11. The fraction of sp³-hybridized carbons (Fsp3) is 0.467. The molecule has 1 heteroatoms. The third-order valence-corrected chi connectivity index (χ3v) is 2.79. The summed E-state index contributed by atoms with van der Waals surface area (Å²) in [5, 5.41) is 10.0. The summed E-state index contributed by atoms with van der Waals surface area (Å²) in [6.07, 6.45) is 0.752. The van der Waals surface area contributed by atoms with Gasteiger partial charge in [0.05, 0.1) is 0 Å². The third-order valence-electron chi connectivity index (χ3n) is 2.79. The number of hydrogen-bond donors (Lipinski definition) is 1. The van der Waals surface area contributed by atoms with E-state index in [4.69, 9.17) is 0 Å². The lowest BCUT2D eigenvalue weighted by atomic mass is 9.84. The zero-order chi connectivity index (χ0) is 12.5. The van der Waals surface area contributed by atoms with E-state index >= 15 is 0 Å². The van der Waals surface area contributed by atoms with Gasteiger partial charge in [-0.25, -0.2) is 0 Å². The molecule has 1 N–H and O–H groups in total. The van der Waals surface area contributed by atoms with Crippen LogP contribution in [-0.2, 0) is 11.8 Å². The van der Waals surface area contributed by atoms with E-state index in [-0.39, 0.29) is 5.41 Å². The van der Waals surface area contributed by atoms with Gasteiger partial charge in [0.15, 0.2) is 0 Å². The van der Waals surface area contributed by atoms with Crippen LogP contribution in [0.5, 0.6) is 5.75 Å². The van der Waals surface area contributed by atoms with Crippen LogP contribution in [0.3, 0.4) is 0 Å². The molecule has 0 saturated heterocycles. The van der Waals surface area contributed by atoms with Gasteiger partial charge in [0.1, 0.15) is 5.75 Å². The standard InChI is InChI=1S/C15H22O/c1-10(2)7-13-11(3)8-12(9-14(13)16)15(4,5)6/h8-9,16H,1,7H2,2-6H3. The maximum Gasteiger partial charge on any atom is 0.119 e. The van der Waals surface area contributed by atoms with Crippen LogP contribution in [0.25, 0.3) is 0 Å². The fourth-order valence-electron chi connectivity index (χ4n) is 1.76.